The van der Waals surface area contributed by atoms with Crippen molar-refractivity contribution in [3.63, 3.8) is 0 Å². The van der Waals surface area contributed by atoms with Crippen LogP contribution in [0.1, 0.15) is 0 Å². The summed E-state index contributed by atoms with van der Waals surface area (Å²) in [6.45, 7) is 6.63. The first-order chi connectivity index (χ1) is 7.35. The van der Waals surface area contributed by atoms with Gasteiger partial charge in [0.15, 0.2) is 5.57 Å². The minimum atomic E-state index is -1.26. The third-order valence-corrected chi connectivity index (χ3v) is 3.71. The van der Waals surface area contributed by atoms with Crippen LogP contribution in [0.4, 0.5) is 0 Å². The molecular formula is C10H18N2O2SSi. The molecule has 0 fully saturated rings. The van der Waals surface area contributed by atoms with E-state index in [1.54, 1.807) is 0 Å². The van der Waals surface area contributed by atoms with Crippen molar-refractivity contribution >= 4 is 25.8 Å². The first kappa shape index (κ1) is 15.1. The number of carbonyl (C=O) groups excluding carboxylic acids is 1. The molecule has 1 N–H and O–H groups in total. The average Bonchev–Trinajstić information content (AvgIpc) is 2.21. The Kier molecular flexibility index (Phi) is 6.22. The minimum absolute atomic E-state index is 0.0493. The van der Waals surface area contributed by atoms with Gasteiger partial charge in [-0.3, -0.25) is 0 Å². The smallest absolute Gasteiger partial charge is 0.351 e. The Labute approximate surface area is 102 Å². The molecule has 0 heterocycles. The molecule has 0 saturated heterocycles. The van der Waals surface area contributed by atoms with Gasteiger partial charge < -0.3 is 10.1 Å². The molecule has 0 radical (unpaired) electrons. The monoisotopic (exact) mass is 258 g/mol. The van der Waals surface area contributed by atoms with E-state index in [1.807, 2.05) is 12.3 Å². The number of methoxy groups -OCH3 is 1. The minimum Gasteiger partial charge on any atom is -0.465 e. The van der Waals surface area contributed by atoms with Crippen molar-refractivity contribution in [1.29, 1.82) is 5.26 Å². The molecule has 0 aromatic rings. The summed E-state index contributed by atoms with van der Waals surface area (Å²) in [5, 5.41) is 12.7. The molecule has 0 bridgehead atoms. The molecule has 0 atom stereocenters. The van der Waals surface area contributed by atoms with Crippen LogP contribution >= 0.6 is 11.8 Å². The van der Waals surface area contributed by atoms with E-state index in [9.17, 15) is 4.79 Å². The Morgan fingerprint density at radius 1 is 1.50 bits per heavy atom. The molecule has 0 amide bonds. The van der Waals surface area contributed by atoms with Crippen LogP contribution in [0.25, 0.3) is 0 Å². The zero-order chi connectivity index (χ0) is 12.8. The van der Waals surface area contributed by atoms with Gasteiger partial charge >= 0.3 is 5.97 Å². The summed E-state index contributed by atoms with van der Waals surface area (Å²) in [4.78, 5) is 11.3. The molecule has 16 heavy (non-hydrogen) atoms. The zero-order valence-corrected chi connectivity index (χ0v) is 12.2. The molecule has 6 heteroatoms. The standard InChI is InChI=1S/C10H18N2O2SSi/c1-14-10(13)8(6-11)9(15-2)12-7-16(3,4)5/h12H,7H2,1-5H3/b9-8+. The molecule has 0 aliphatic rings. The number of ether oxygens (including phenoxy) is 1. The molecule has 0 aliphatic carbocycles. The number of nitriles is 1. The highest BCUT2D eigenvalue weighted by Crippen LogP contribution is 2.15. The second-order valence-electron chi connectivity index (χ2n) is 4.43. The van der Waals surface area contributed by atoms with Crippen molar-refractivity contribution in [2.24, 2.45) is 0 Å². The Morgan fingerprint density at radius 2 is 2.06 bits per heavy atom. The van der Waals surface area contributed by atoms with Gasteiger partial charge in [0, 0.05) is 6.17 Å². The molecular weight excluding hydrogens is 240 g/mol. The van der Waals surface area contributed by atoms with E-state index in [-0.39, 0.29) is 5.57 Å². The highest BCUT2D eigenvalue weighted by molar-refractivity contribution is 8.02. The maximum atomic E-state index is 11.3. The Hall–Kier alpha value is -0.933. The molecule has 0 unspecified atom stereocenters. The van der Waals surface area contributed by atoms with Crippen molar-refractivity contribution in [3.05, 3.63) is 10.6 Å². The second-order valence-corrected chi connectivity index (χ2v) is 10.7. The molecule has 90 valence electrons. The van der Waals surface area contributed by atoms with E-state index in [2.05, 4.69) is 29.7 Å². The zero-order valence-electron chi connectivity index (χ0n) is 10.4. The molecule has 0 aromatic heterocycles. The van der Waals surface area contributed by atoms with Gasteiger partial charge in [-0.05, 0) is 6.26 Å². The van der Waals surface area contributed by atoms with Crippen molar-refractivity contribution < 1.29 is 9.53 Å². The van der Waals surface area contributed by atoms with E-state index in [0.29, 0.717) is 5.03 Å². The van der Waals surface area contributed by atoms with Crippen LogP contribution in [0.3, 0.4) is 0 Å². The maximum absolute atomic E-state index is 11.3. The van der Waals surface area contributed by atoms with Gasteiger partial charge in [-0.15, -0.1) is 11.8 Å². The Morgan fingerprint density at radius 3 is 2.38 bits per heavy atom. The SMILES string of the molecule is COC(=O)/C(C#N)=C(\NC[Si](C)(C)C)SC. The highest BCUT2D eigenvalue weighted by atomic mass is 32.2. The lowest BCUT2D eigenvalue weighted by Gasteiger charge is -2.18. The summed E-state index contributed by atoms with van der Waals surface area (Å²) in [5.74, 6) is -0.588. The van der Waals surface area contributed by atoms with Crippen LogP contribution in [-0.2, 0) is 9.53 Å². The number of hydrogen-bond donors (Lipinski definition) is 1. The predicted octanol–water partition coefficient (Wildman–Crippen LogP) is 1.72. The summed E-state index contributed by atoms with van der Waals surface area (Å²) >= 11 is 1.35. The number of carbonyl (C=O) groups is 1. The van der Waals surface area contributed by atoms with Crippen molar-refractivity contribution in [3.8, 4) is 6.07 Å². The third-order valence-electron chi connectivity index (χ3n) is 1.71. The largest absolute Gasteiger partial charge is 0.465 e. The van der Waals surface area contributed by atoms with Gasteiger partial charge in [-0.1, -0.05) is 19.6 Å². The number of esters is 1. The number of thioether (sulfide) groups is 1. The molecule has 0 rings (SSSR count). The van der Waals surface area contributed by atoms with Gasteiger partial charge in [-0.2, -0.15) is 5.26 Å². The van der Waals surface area contributed by atoms with Gasteiger partial charge in [0.2, 0.25) is 0 Å². The van der Waals surface area contributed by atoms with Gasteiger partial charge in [-0.25, -0.2) is 4.79 Å². The van der Waals surface area contributed by atoms with Gasteiger partial charge in [0.1, 0.15) is 6.07 Å². The number of nitrogens with one attached hydrogen (secondary N) is 1. The van der Waals surface area contributed by atoms with Crippen LogP contribution in [0, 0.1) is 11.3 Å². The summed E-state index contributed by atoms with van der Waals surface area (Å²) in [6.07, 6.45) is 2.65. The van der Waals surface area contributed by atoms with Crippen LogP contribution in [0.5, 0.6) is 0 Å². The summed E-state index contributed by atoms with van der Waals surface area (Å²) < 4.78 is 4.56. The van der Waals surface area contributed by atoms with E-state index in [1.165, 1.54) is 18.9 Å². The first-order valence-electron chi connectivity index (χ1n) is 4.86. The first-order valence-corrected chi connectivity index (χ1v) is 9.79. The maximum Gasteiger partial charge on any atom is 0.351 e. The lowest BCUT2D eigenvalue weighted by atomic mass is 10.3. The van der Waals surface area contributed by atoms with Gasteiger partial charge in [0.05, 0.1) is 20.2 Å². The van der Waals surface area contributed by atoms with Crippen LogP contribution in [-0.4, -0.2) is 33.6 Å². The number of hydrogen-bond acceptors (Lipinski definition) is 5. The van der Waals surface area contributed by atoms with Crippen LogP contribution < -0.4 is 5.32 Å². The lowest BCUT2D eigenvalue weighted by Crippen LogP contribution is -2.36. The van der Waals surface area contributed by atoms with E-state index in [4.69, 9.17) is 5.26 Å². The third kappa shape index (κ3) is 5.23. The molecule has 0 spiro atoms. The summed E-state index contributed by atoms with van der Waals surface area (Å²) in [6, 6.07) is 1.88. The van der Waals surface area contributed by atoms with Gasteiger partial charge in [0.25, 0.3) is 0 Å². The fourth-order valence-corrected chi connectivity index (χ4v) is 2.28. The van der Waals surface area contributed by atoms with Crippen molar-refractivity contribution in [2.45, 2.75) is 19.6 Å². The Bertz CT molecular complexity index is 329. The Balaban J connectivity index is 4.87. The molecule has 4 nitrogen and oxygen atoms in total. The highest BCUT2D eigenvalue weighted by Gasteiger charge is 2.18. The average molecular weight is 258 g/mol. The summed E-state index contributed by atoms with van der Waals surface area (Å²) in [5.41, 5.74) is 0.0493. The quantitative estimate of drug-likeness (QED) is 0.352. The molecule has 0 aromatic carbocycles. The van der Waals surface area contributed by atoms with Crippen LogP contribution in [0.2, 0.25) is 19.6 Å². The van der Waals surface area contributed by atoms with Crippen molar-refractivity contribution in [1.82, 2.24) is 5.32 Å². The second kappa shape index (κ2) is 6.61. The topological polar surface area (TPSA) is 62.1 Å². The normalized spacial score (nSPS) is 12.5. The summed E-state index contributed by atoms with van der Waals surface area (Å²) in [7, 11) is 0.0140. The van der Waals surface area contributed by atoms with E-state index >= 15 is 0 Å². The predicted molar refractivity (Wildman–Crippen MR) is 69.5 cm³/mol. The number of rotatable bonds is 5. The van der Waals surface area contributed by atoms with E-state index < -0.39 is 14.0 Å². The number of nitrogens with zero attached hydrogens (tertiary/aromatic N) is 1. The molecule has 0 saturated carbocycles. The molecule has 0 aliphatic heterocycles. The van der Waals surface area contributed by atoms with Crippen molar-refractivity contribution in [2.75, 3.05) is 19.5 Å². The lowest BCUT2D eigenvalue weighted by molar-refractivity contribution is -0.135. The fraction of sp³-hybridized carbons (Fsp3) is 0.600. The van der Waals surface area contributed by atoms with Crippen LogP contribution in [0.15, 0.2) is 10.6 Å². The van der Waals surface area contributed by atoms with E-state index in [0.717, 1.165) is 6.17 Å². The fourth-order valence-electron chi connectivity index (χ4n) is 0.899.